The summed E-state index contributed by atoms with van der Waals surface area (Å²) in [7, 11) is -1.92. The Labute approximate surface area is 310 Å². The predicted molar refractivity (Wildman–Crippen MR) is 221 cm³/mol. The lowest BCUT2D eigenvalue weighted by Gasteiger charge is -2.30. The molecule has 5 rings (SSSR count). The molecule has 0 fully saturated rings. The normalized spacial score (nSPS) is 13.8. The molecule has 0 saturated heterocycles. The lowest BCUT2D eigenvalue weighted by Crippen LogP contribution is -2.18. The highest BCUT2D eigenvalue weighted by Gasteiger charge is 2.31. The highest BCUT2D eigenvalue weighted by molar-refractivity contribution is 7.43. The second kappa shape index (κ2) is 13.5. The Morgan fingerprint density at radius 2 is 0.882 bits per heavy atom. The van der Waals surface area contributed by atoms with E-state index in [0.717, 1.165) is 28.0 Å². The highest BCUT2D eigenvalue weighted by Crippen LogP contribution is 2.50. The van der Waals surface area contributed by atoms with Crippen molar-refractivity contribution >= 4 is 30.1 Å². The second-order valence-corrected chi connectivity index (χ2v) is 20.6. The zero-order valence-corrected chi connectivity index (χ0v) is 35.1. The SMILES string of the molecule is Cc1ccc(OP(Oc2cc3ccc(C(C)(C)C)cc3cc2C(C)(C)C)Oc2cc3c(C(C)(C)C)cc(C(C)(C)C)cc3cc2C(C)(C)C)cc1. The van der Waals surface area contributed by atoms with Crippen molar-refractivity contribution in [3.8, 4) is 17.2 Å². The van der Waals surface area contributed by atoms with Gasteiger partial charge in [0.15, 0.2) is 0 Å². The van der Waals surface area contributed by atoms with Gasteiger partial charge in [-0.3, -0.25) is 0 Å². The molecule has 0 radical (unpaired) electrons. The summed E-state index contributed by atoms with van der Waals surface area (Å²) in [5, 5.41) is 4.76. The van der Waals surface area contributed by atoms with Gasteiger partial charge in [0.1, 0.15) is 17.2 Å². The Kier molecular flexibility index (Phi) is 10.2. The molecule has 0 N–H and O–H groups in total. The first-order chi connectivity index (χ1) is 23.3. The molecule has 0 bridgehead atoms. The van der Waals surface area contributed by atoms with Crippen molar-refractivity contribution in [1.29, 1.82) is 0 Å². The smallest absolute Gasteiger partial charge is 0.409 e. The molecule has 1 unspecified atom stereocenters. The van der Waals surface area contributed by atoms with E-state index in [1.807, 2.05) is 12.1 Å². The molecule has 4 heteroatoms. The molecular weight excluding hydrogens is 643 g/mol. The molecule has 5 aromatic carbocycles. The topological polar surface area (TPSA) is 27.7 Å². The average molecular weight is 705 g/mol. The third kappa shape index (κ3) is 8.92. The van der Waals surface area contributed by atoms with Crippen molar-refractivity contribution < 1.29 is 13.6 Å². The predicted octanol–water partition coefficient (Wildman–Crippen LogP) is 14.6. The van der Waals surface area contributed by atoms with Crippen molar-refractivity contribution in [2.75, 3.05) is 0 Å². The van der Waals surface area contributed by atoms with Crippen LogP contribution >= 0.6 is 8.60 Å². The summed E-state index contributed by atoms with van der Waals surface area (Å²) in [4.78, 5) is 0. The number of aryl methyl sites for hydroxylation is 1. The molecule has 0 heterocycles. The van der Waals surface area contributed by atoms with Gasteiger partial charge in [0, 0.05) is 11.1 Å². The van der Waals surface area contributed by atoms with Gasteiger partial charge >= 0.3 is 8.60 Å². The van der Waals surface area contributed by atoms with Crippen LogP contribution in [-0.4, -0.2) is 0 Å². The minimum atomic E-state index is -1.92. The number of fused-ring (bicyclic) bond motifs is 2. The first-order valence-electron chi connectivity index (χ1n) is 18.4. The summed E-state index contributed by atoms with van der Waals surface area (Å²) in [5.74, 6) is 2.28. The van der Waals surface area contributed by atoms with E-state index in [4.69, 9.17) is 13.6 Å². The zero-order valence-electron chi connectivity index (χ0n) is 34.2. The fourth-order valence-corrected chi connectivity index (χ4v) is 7.44. The fourth-order valence-electron chi connectivity index (χ4n) is 6.41. The average Bonchev–Trinajstić information content (AvgIpc) is 2.98. The lowest BCUT2D eigenvalue weighted by atomic mass is 9.76. The largest absolute Gasteiger partial charge is 0.530 e. The minimum absolute atomic E-state index is 0.0221. The fraction of sp³-hybridized carbons (Fsp3) is 0.447. The van der Waals surface area contributed by atoms with Crippen molar-refractivity contribution in [1.82, 2.24) is 0 Å². The maximum absolute atomic E-state index is 7.05. The highest BCUT2D eigenvalue weighted by atomic mass is 31.2. The molecule has 3 nitrogen and oxygen atoms in total. The van der Waals surface area contributed by atoms with Gasteiger partial charge in [0.2, 0.25) is 0 Å². The third-order valence-corrected chi connectivity index (χ3v) is 10.7. The Balaban J connectivity index is 1.70. The summed E-state index contributed by atoms with van der Waals surface area (Å²) in [6, 6.07) is 28.6. The van der Waals surface area contributed by atoms with Gasteiger partial charge in [-0.25, -0.2) is 0 Å². The van der Waals surface area contributed by atoms with E-state index < -0.39 is 8.60 Å². The lowest BCUT2D eigenvalue weighted by molar-refractivity contribution is 0.378. The zero-order chi connectivity index (χ0) is 37.9. The molecule has 51 heavy (non-hydrogen) atoms. The van der Waals surface area contributed by atoms with Crippen LogP contribution in [0.3, 0.4) is 0 Å². The van der Waals surface area contributed by atoms with Crippen molar-refractivity contribution in [2.45, 2.75) is 138 Å². The number of hydrogen-bond acceptors (Lipinski definition) is 3. The van der Waals surface area contributed by atoms with Gasteiger partial charge in [-0.2, -0.15) is 0 Å². The van der Waals surface area contributed by atoms with Crippen LogP contribution in [0.2, 0.25) is 0 Å². The van der Waals surface area contributed by atoms with Gasteiger partial charge in [0.05, 0.1) is 0 Å². The maximum Gasteiger partial charge on any atom is 0.530 e. The van der Waals surface area contributed by atoms with E-state index in [-0.39, 0.29) is 27.1 Å². The van der Waals surface area contributed by atoms with Crippen LogP contribution < -0.4 is 13.6 Å². The van der Waals surface area contributed by atoms with Gasteiger partial charge < -0.3 is 13.6 Å². The molecule has 5 aromatic rings. The Morgan fingerprint density at radius 1 is 0.392 bits per heavy atom. The summed E-state index contributed by atoms with van der Waals surface area (Å²) in [6.45, 7) is 36.1. The van der Waals surface area contributed by atoms with Crippen LogP contribution in [0.1, 0.15) is 137 Å². The molecule has 0 aliphatic heterocycles. The van der Waals surface area contributed by atoms with Gasteiger partial charge in [-0.1, -0.05) is 152 Å². The van der Waals surface area contributed by atoms with Gasteiger partial charge in [-0.05, 0) is 109 Å². The molecular formula is C47H61O3P. The van der Waals surface area contributed by atoms with Crippen LogP contribution in [0.5, 0.6) is 17.2 Å². The minimum Gasteiger partial charge on any atom is -0.409 e. The van der Waals surface area contributed by atoms with Crippen LogP contribution in [0, 0.1) is 6.92 Å². The van der Waals surface area contributed by atoms with Crippen molar-refractivity contribution in [3.63, 3.8) is 0 Å². The standard InChI is InChI=1S/C47H61O3P/c1-30-17-21-36(22-18-30)48-51(49-41-27-31-19-20-34(43(2,3)4)23-32(31)25-39(41)46(11,12)13)50-42-29-37-33(26-40(42)47(14,15)16)24-35(44(5,6)7)28-38(37)45(8,9)10/h17-29H,1-16H3. The second-order valence-electron chi connectivity index (χ2n) is 19.6. The number of rotatable bonds is 6. The van der Waals surface area contributed by atoms with Crippen molar-refractivity contribution in [3.05, 3.63) is 112 Å². The first kappa shape index (κ1) is 38.7. The molecule has 0 amide bonds. The summed E-state index contributed by atoms with van der Waals surface area (Å²) >= 11 is 0. The quantitative estimate of drug-likeness (QED) is 0.165. The van der Waals surface area contributed by atoms with Crippen LogP contribution in [0.25, 0.3) is 21.5 Å². The van der Waals surface area contributed by atoms with Crippen LogP contribution in [0.4, 0.5) is 0 Å². The molecule has 0 aromatic heterocycles. The molecule has 0 spiro atoms. The maximum atomic E-state index is 7.05. The molecule has 0 aliphatic rings. The third-order valence-electron chi connectivity index (χ3n) is 9.69. The summed E-state index contributed by atoms with van der Waals surface area (Å²) < 4.78 is 20.7. The summed E-state index contributed by atoms with van der Waals surface area (Å²) in [6.07, 6.45) is 0. The molecule has 0 saturated carbocycles. The molecule has 1 atom stereocenters. The van der Waals surface area contributed by atoms with E-state index in [9.17, 15) is 0 Å². The Hall–Kier alpha value is -3.55. The van der Waals surface area contributed by atoms with Gasteiger partial charge in [-0.15, -0.1) is 0 Å². The van der Waals surface area contributed by atoms with Crippen LogP contribution in [-0.2, 0) is 27.1 Å². The van der Waals surface area contributed by atoms with Gasteiger partial charge in [0.25, 0.3) is 0 Å². The summed E-state index contributed by atoms with van der Waals surface area (Å²) in [5.41, 5.74) is 6.98. The Bertz CT molecular complexity index is 2040. The Morgan fingerprint density at radius 3 is 1.39 bits per heavy atom. The number of benzene rings is 5. The van der Waals surface area contributed by atoms with E-state index in [2.05, 4.69) is 178 Å². The van der Waals surface area contributed by atoms with E-state index in [1.165, 1.54) is 38.4 Å². The van der Waals surface area contributed by atoms with E-state index in [0.29, 0.717) is 5.75 Å². The number of hydrogen-bond donors (Lipinski definition) is 0. The molecule has 0 aliphatic carbocycles. The van der Waals surface area contributed by atoms with Crippen molar-refractivity contribution in [2.24, 2.45) is 0 Å². The van der Waals surface area contributed by atoms with Crippen LogP contribution in [0.15, 0.2) is 78.9 Å². The molecule has 272 valence electrons. The van der Waals surface area contributed by atoms with E-state index >= 15 is 0 Å². The van der Waals surface area contributed by atoms with E-state index in [1.54, 1.807) is 0 Å². The monoisotopic (exact) mass is 704 g/mol. The first-order valence-corrected chi connectivity index (χ1v) is 19.5.